The van der Waals surface area contributed by atoms with Gasteiger partial charge in [0.1, 0.15) is 5.82 Å². The van der Waals surface area contributed by atoms with Crippen LogP contribution in [0.25, 0.3) is 10.1 Å². The van der Waals surface area contributed by atoms with E-state index >= 15 is 0 Å². The number of thiophene rings is 1. The van der Waals surface area contributed by atoms with Crippen molar-refractivity contribution in [2.45, 2.75) is 0 Å². The molecule has 0 spiro atoms. The quantitative estimate of drug-likeness (QED) is 0.612. The minimum atomic E-state index is -0.578. The number of carbonyl (C=O) groups is 1. The first-order chi connectivity index (χ1) is 9.16. The molecule has 0 bridgehead atoms. The molecule has 0 radical (unpaired) electrons. The van der Waals surface area contributed by atoms with Gasteiger partial charge in [0.2, 0.25) is 0 Å². The maximum absolute atomic E-state index is 13.4. The molecule has 0 saturated carbocycles. The van der Waals surface area contributed by atoms with Crippen LogP contribution in [0.2, 0.25) is 5.02 Å². The molecule has 2 aromatic carbocycles. The number of hydrogen-bond acceptors (Lipinski definition) is 2. The Morgan fingerprint density at radius 3 is 2.79 bits per heavy atom. The monoisotopic (exact) mass is 290 g/mol. The zero-order valence-electron chi connectivity index (χ0n) is 9.69. The molecule has 19 heavy (non-hydrogen) atoms. The van der Waals surface area contributed by atoms with Crippen molar-refractivity contribution in [3.63, 3.8) is 0 Å². The second-order valence-corrected chi connectivity index (χ2v) is 5.43. The molecule has 0 atom stereocenters. The predicted octanol–water partition coefficient (Wildman–Crippen LogP) is 4.92. The minimum Gasteiger partial charge on any atom is -0.289 e. The second kappa shape index (κ2) is 4.76. The van der Waals surface area contributed by atoms with Crippen molar-refractivity contribution in [2.75, 3.05) is 0 Å². The Balaban J connectivity index is 2.13. The van der Waals surface area contributed by atoms with Gasteiger partial charge in [0.25, 0.3) is 0 Å². The third kappa shape index (κ3) is 2.15. The molecule has 0 aliphatic heterocycles. The van der Waals surface area contributed by atoms with Gasteiger partial charge >= 0.3 is 0 Å². The van der Waals surface area contributed by atoms with Crippen LogP contribution in [0.1, 0.15) is 15.9 Å². The number of halogens is 2. The molecule has 4 heteroatoms. The summed E-state index contributed by atoms with van der Waals surface area (Å²) in [4.78, 5) is 12.4. The van der Waals surface area contributed by atoms with Crippen LogP contribution in [0.5, 0.6) is 0 Å². The molecule has 0 saturated heterocycles. The molecule has 0 unspecified atom stereocenters. The lowest BCUT2D eigenvalue weighted by molar-refractivity contribution is 0.104. The summed E-state index contributed by atoms with van der Waals surface area (Å²) in [5.41, 5.74) is 0.900. The van der Waals surface area contributed by atoms with Gasteiger partial charge in [-0.3, -0.25) is 4.79 Å². The molecule has 94 valence electrons. The summed E-state index contributed by atoms with van der Waals surface area (Å²) in [5, 5.41) is 2.97. The number of benzene rings is 2. The van der Waals surface area contributed by atoms with E-state index in [0.29, 0.717) is 11.1 Å². The number of hydrogen-bond donors (Lipinski definition) is 0. The molecule has 0 aliphatic carbocycles. The zero-order chi connectivity index (χ0) is 13.4. The van der Waals surface area contributed by atoms with Gasteiger partial charge in [-0.2, -0.15) is 0 Å². The molecule has 3 rings (SSSR count). The summed E-state index contributed by atoms with van der Waals surface area (Å²) >= 11 is 7.13. The second-order valence-electron chi connectivity index (χ2n) is 4.10. The van der Waals surface area contributed by atoms with Crippen LogP contribution >= 0.6 is 22.9 Å². The molecule has 0 fully saturated rings. The highest BCUT2D eigenvalue weighted by atomic mass is 35.5. The van der Waals surface area contributed by atoms with E-state index < -0.39 is 5.82 Å². The first kappa shape index (κ1) is 12.3. The van der Waals surface area contributed by atoms with Crippen molar-refractivity contribution >= 4 is 38.8 Å². The Hall–Kier alpha value is -1.71. The summed E-state index contributed by atoms with van der Waals surface area (Å²) in [6.45, 7) is 0. The van der Waals surface area contributed by atoms with E-state index in [9.17, 15) is 9.18 Å². The van der Waals surface area contributed by atoms with Gasteiger partial charge < -0.3 is 0 Å². The van der Waals surface area contributed by atoms with Crippen molar-refractivity contribution in [3.05, 3.63) is 69.8 Å². The van der Waals surface area contributed by atoms with E-state index in [1.165, 1.54) is 23.5 Å². The summed E-state index contributed by atoms with van der Waals surface area (Å²) < 4.78 is 14.3. The number of carbonyl (C=O) groups excluding carboxylic acids is 1. The number of fused-ring (bicyclic) bond motifs is 1. The lowest BCUT2D eigenvalue weighted by Gasteiger charge is -2.03. The van der Waals surface area contributed by atoms with Gasteiger partial charge in [0.15, 0.2) is 5.78 Å². The Labute approximate surface area is 118 Å². The maximum Gasteiger partial charge on any atom is 0.194 e. The highest BCUT2D eigenvalue weighted by Crippen LogP contribution is 2.27. The lowest BCUT2D eigenvalue weighted by Crippen LogP contribution is -2.02. The van der Waals surface area contributed by atoms with Gasteiger partial charge in [-0.1, -0.05) is 23.7 Å². The summed E-state index contributed by atoms with van der Waals surface area (Å²) in [6.07, 6.45) is 0. The van der Waals surface area contributed by atoms with E-state index in [1.54, 1.807) is 12.1 Å². The van der Waals surface area contributed by atoms with Crippen LogP contribution in [0.3, 0.4) is 0 Å². The molecular weight excluding hydrogens is 283 g/mol. The molecule has 1 aromatic heterocycles. The zero-order valence-corrected chi connectivity index (χ0v) is 11.3. The lowest BCUT2D eigenvalue weighted by atomic mass is 10.0. The normalized spacial score (nSPS) is 10.8. The van der Waals surface area contributed by atoms with Crippen molar-refractivity contribution < 1.29 is 9.18 Å². The van der Waals surface area contributed by atoms with Crippen LogP contribution in [-0.2, 0) is 0 Å². The highest BCUT2D eigenvalue weighted by Gasteiger charge is 2.14. The standard InChI is InChI=1S/C15H8ClFOS/c16-12-5-4-10(8-13(12)17)14(18)11-3-1-2-9-6-7-19-15(9)11/h1-8H. The number of rotatable bonds is 2. The van der Waals surface area contributed by atoms with Crippen LogP contribution in [0.15, 0.2) is 47.8 Å². The summed E-state index contributed by atoms with van der Waals surface area (Å²) in [6, 6.07) is 11.6. The average molecular weight is 291 g/mol. The highest BCUT2D eigenvalue weighted by molar-refractivity contribution is 7.17. The summed E-state index contributed by atoms with van der Waals surface area (Å²) in [5.74, 6) is -0.769. The van der Waals surface area contributed by atoms with Gasteiger partial charge in [-0.05, 0) is 41.1 Å². The Morgan fingerprint density at radius 2 is 2.00 bits per heavy atom. The molecule has 0 amide bonds. The Morgan fingerprint density at radius 1 is 1.16 bits per heavy atom. The molecule has 1 nitrogen and oxygen atoms in total. The smallest absolute Gasteiger partial charge is 0.194 e. The fourth-order valence-electron chi connectivity index (χ4n) is 1.96. The first-order valence-electron chi connectivity index (χ1n) is 5.63. The minimum absolute atomic E-state index is 0.0193. The summed E-state index contributed by atoms with van der Waals surface area (Å²) in [7, 11) is 0. The van der Waals surface area contributed by atoms with Crippen molar-refractivity contribution in [3.8, 4) is 0 Å². The van der Waals surface area contributed by atoms with Crippen molar-refractivity contribution in [1.82, 2.24) is 0 Å². The Kier molecular flexibility index (Phi) is 3.09. The largest absolute Gasteiger partial charge is 0.289 e. The topological polar surface area (TPSA) is 17.1 Å². The van der Waals surface area contributed by atoms with E-state index in [-0.39, 0.29) is 10.8 Å². The van der Waals surface area contributed by atoms with Gasteiger partial charge in [-0.25, -0.2) is 4.39 Å². The Bertz CT molecular complexity index is 779. The molecular formula is C15H8ClFOS. The third-order valence-corrected chi connectivity index (χ3v) is 4.18. The van der Waals surface area contributed by atoms with Gasteiger partial charge in [0, 0.05) is 15.8 Å². The van der Waals surface area contributed by atoms with E-state index in [2.05, 4.69) is 0 Å². The third-order valence-electron chi connectivity index (χ3n) is 2.91. The first-order valence-corrected chi connectivity index (χ1v) is 6.88. The molecule has 3 aromatic rings. The fourth-order valence-corrected chi connectivity index (χ4v) is 2.99. The van der Waals surface area contributed by atoms with E-state index in [0.717, 1.165) is 10.1 Å². The van der Waals surface area contributed by atoms with Crippen molar-refractivity contribution in [1.29, 1.82) is 0 Å². The molecule has 0 aliphatic rings. The van der Waals surface area contributed by atoms with Crippen LogP contribution in [-0.4, -0.2) is 5.78 Å². The van der Waals surface area contributed by atoms with Crippen LogP contribution < -0.4 is 0 Å². The molecule has 1 heterocycles. The average Bonchev–Trinajstić information content (AvgIpc) is 2.89. The fraction of sp³-hybridized carbons (Fsp3) is 0. The van der Waals surface area contributed by atoms with Crippen LogP contribution in [0.4, 0.5) is 4.39 Å². The SMILES string of the molecule is O=C(c1ccc(Cl)c(F)c1)c1cccc2ccsc12. The van der Waals surface area contributed by atoms with E-state index in [1.807, 2.05) is 23.6 Å². The van der Waals surface area contributed by atoms with Gasteiger partial charge in [-0.15, -0.1) is 11.3 Å². The molecule has 0 N–H and O–H groups in total. The van der Waals surface area contributed by atoms with E-state index in [4.69, 9.17) is 11.6 Å². The van der Waals surface area contributed by atoms with Crippen LogP contribution in [0, 0.1) is 5.82 Å². The number of ketones is 1. The van der Waals surface area contributed by atoms with Crippen molar-refractivity contribution in [2.24, 2.45) is 0 Å². The predicted molar refractivity (Wildman–Crippen MR) is 76.7 cm³/mol. The van der Waals surface area contributed by atoms with Gasteiger partial charge in [0.05, 0.1) is 5.02 Å². The maximum atomic E-state index is 13.4.